The molecule has 0 unspecified atom stereocenters. The first-order valence-corrected chi connectivity index (χ1v) is 8.79. The van der Waals surface area contributed by atoms with Gasteiger partial charge in [-0.3, -0.25) is 19.7 Å². The molecule has 1 aromatic heterocycles. The quantitative estimate of drug-likeness (QED) is 0.335. The van der Waals surface area contributed by atoms with Crippen molar-refractivity contribution < 1.29 is 23.7 Å². The maximum atomic E-state index is 12.3. The molecule has 0 saturated carbocycles. The highest BCUT2D eigenvalue weighted by atomic mass is 35.5. The zero-order valence-corrected chi connectivity index (χ0v) is 15.9. The number of carbonyl (C=O) groups is 2. The third-order valence-corrected chi connectivity index (χ3v) is 4.23. The van der Waals surface area contributed by atoms with Gasteiger partial charge in [-0.15, -0.1) is 0 Å². The normalized spacial score (nSPS) is 10.4. The van der Waals surface area contributed by atoms with E-state index in [1.807, 2.05) is 0 Å². The van der Waals surface area contributed by atoms with Crippen LogP contribution in [0.15, 0.2) is 59.0 Å². The van der Waals surface area contributed by atoms with Crippen LogP contribution in [0.1, 0.15) is 33.6 Å². The number of nitro groups is 1. The van der Waals surface area contributed by atoms with Crippen LogP contribution in [0.2, 0.25) is 5.02 Å². The molecule has 0 radical (unpaired) electrons. The number of non-ortho nitro benzene ring substituents is 1. The summed E-state index contributed by atoms with van der Waals surface area (Å²) in [5.74, 6) is 0.183. The molecule has 0 atom stereocenters. The Hall–Kier alpha value is -3.65. The van der Waals surface area contributed by atoms with E-state index in [1.165, 1.54) is 31.2 Å². The zero-order valence-electron chi connectivity index (χ0n) is 15.2. The summed E-state index contributed by atoms with van der Waals surface area (Å²) in [5, 5.41) is 13.5. The van der Waals surface area contributed by atoms with Gasteiger partial charge in [0.25, 0.3) is 11.6 Å². The highest BCUT2D eigenvalue weighted by Crippen LogP contribution is 2.29. The maximum Gasteiger partial charge on any atom is 0.291 e. The van der Waals surface area contributed by atoms with Crippen LogP contribution in [0, 0.1) is 10.1 Å². The van der Waals surface area contributed by atoms with E-state index in [2.05, 4.69) is 5.32 Å². The highest BCUT2D eigenvalue weighted by molar-refractivity contribution is 6.32. The number of amides is 1. The first-order valence-electron chi connectivity index (χ1n) is 8.41. The minimum Gasteiger partial charge on any atom is -0.484 e. The summed E-state index contributed by atoms with van der Waals surface area (Å²) in [7, 11) is 0. The summed E-state index contributed by atoms with van der Waals surface area (Å²) >= 11 is 5.97. The molecule has 0 bridgehead atoms. The molecule has 0 aliphatic rings. The van der Waals surface area contributed by atoms with Crippen molar-refractivity contribution in [1.29, 1.82) is 0 Å². The molecule has 29 heavy (non-hydrogen) atoms. The predicted octanol–water partition coefficient (Wildman–Crippen LogP) is 4.88. The first-order chi connectivity index (χ1) is 13.8. The molecule has 1 amide bonds. The molecular weight excluding hydrogens is 400 g/mol. The second-order valence-corrected chi connectivity index (χ2v) is 6.42. The molecule has 0 aliphatic carbocycles. The van der Waals surface area contributed by atoms with E-state index >= 15 is 0 Å². The number of rotatable bonds is 7. The van der Waals surface area contributed by atoms with Gasteiger partial charge in [-0.2, -0.15) is 0 Å². The van der Waals surface area contributed by atoms with Crippen LogP contribution in [0.5, 0.6) is 5.75 Å². The average molecular weight is 415 g/mol. The Morgan fingerprint density at radius 3 is 2.48 bits per heavy atom. The van der Waals surface area contributed by atoms with Gasteiger partial charge in [0.15, 0.2) is 11.5 Å². The minimum atomic E-state index is -0.555. The number of nitrogens with zero attached hydrogens (tertiary/aromatic N) is 1. The molecule has 0 fully saturated rings. The number of ether oxygens (including phenoxy) is 1. The summed E-state index contributed by atoms with van der Waals surface area (Å²) in [5.41, 5.74) is 0.924. The fourth-order valence-electron chi connectivity index (χ4n) is 2.43. The fraction of sp³-hybridized carbons (Fsp3) is 0.100. The number of furan rings is 1. The topological polar surface area (TPSA) is 112 Å². The molecule has 148 valence electrons. The zero-order chi connectivity index (χ0) is 21.0. The van der Waals surface area contributed by atoms with E-state index in [0.29, 0.717) is 17.0 Å². The molecule has 0 saturated heterocycles. The molecule has 3 aromatic rings. The van der Waals surface area contributed by atoms with Crippen LogP contribution in [-0.4, -0.2) is 16.6 Å². The average Bonchev–Trinajstić information content (AvgIpc) is 3.16. The van der Waals surface area contributed by atoms with Gasteiger partial charge < -0.3 is 14.5 Å². The number of Topliss-reactive ketones (excluding diaryl/α,β-unsaturated/α-hetero) is 1. The summed E-state index contributed by atoms with van der Waals surface area (Å²) in [6.07, 6.45) is 0. The summed E-state index contributed by atoms with van der Waals surface area (Å²) in [4.78, 5) is 33.7. The van der Waals surface area contributed by atoms with Gasteiger partial charge in [-0.1, -0.05) is 11.6 Å². The van der Waals surface area contributed by atoms with Crippen molar-refractivity contribution in [2.75, 3.05) is 5.32 Å². The minimum absolute atomic E-state index is 0.0158. The van der Waals surface area contributed by atoms with Crippen molar-refractivity contribution >= 4 is 34.7 Å². The summed E-state index contributed by atoms with van der Waals surface area (Å²) in [6, 6.07) is 13.4. The summed E-state index contributed by atoms with van der Waals surface area (Å²) < 4.78 is 11.0. The number of nitro benzene ring substituents is 1. The summed E-state index contributed by atoms with van der Waals surface area (Å²) in [6.45, 7) is 1.45. The smallest absolute Gasteiger partial charge is 0.291 e. The van der Waals surface area contributed by atoms with Crippen LogP contribution in [0.3, 0.4) is 0 Å². The standard InChI is InChI=1S/C20H15ClN2O6/c1-12(24)13-2-4-14(5-3-13)22-20(25)19-9-7-16(29-19)11-28-18-8-6-15(23(26)27)10-17(18)21/h2-10H,11H2,1H3,(H,22,25). The Labute approximate surface area is 170 Å². The van der Waals surface area contributed by atoms with Gasteiger partial charge in [0.1, 0.15) is 18.1 Å². The van der Waals surface area contributed by atoms with E-state index < -0.39 is 10.8 Å². The second-order valence-electron chi connectivity index (χ2n) is 6.01. The molecule has 9 heteroatoms. The molecule has 0 aliphatic heterocycles. The SMILES string of the molecule is CC(=O)c1ccc(NC(=O)c2ccc(COc3ccc([N+](=O)[O-])cc3Cl)o2)cc1. The molecular formula is C20H15ClN2O6. The van der Waals surface area contributed by atoms with E-state index in [9.17, 15) is 19.7 Å². The highest BCUT2D eigenvalue weighted by Gasteiger charge is 2.14. The van der Waals surface area contributed by atoms with Crippen LogP contribution in [-0.2, 0) is 6.61 Å². The number of anilines is 1. The van der Waals surface area contributed by atoms with Crippen LogP contribution in [0.25, 0.3) is 0 Å². The van der Waals surface area contributed by atoms with Crippen LogP contribution in [0.4, 0.5) is 11.4 Å². The fourth-order valence-corrected chi connectivity index (χ4v) is 2.66. The van der Waals surface area contributed by atoms with Gasteiger partial charge in [0, 0.05) is 23.4 Å². The van der Waals surface area contributed by atoms with E-state index in [1.54, 1.807) is 30.3 Å². The van der Waals surface area contributed by atoms with Crippen molar-refractivity contribution in [3.05, 3.63) is 86.8 Å². The Balaban J connectivity index is 1.61. The van der Waals surface area contributed by atoms with Gasteiger partial charge in [-0.05, 0) is 49.4 Å². The van der Waals surface area contributed by atoms with Crippen molar-refractivity contribution in [1.82, 2.24) is 0 Å². The second kappa shape index (κ2) is 8.57. The Morgan fingerprint density at radius 1 is 1.14 bits per heavy atom. The lowest BCUT2D eigenvalue weighted by Gasteiger charge is -2.06. The van der Waals surface area contributed by atoms with Gasteiger partial charge in [0.05, 0.1) is 9.95 Å². The number of hydrogen-bond donors (Lipinski definition) is 1. The number of ketones is 1. The molecule has 3 rings (SSSR count). The lowest BCUT2D eigenvalue weighted by molar-refractivity contribution is -0.384. The molecule has 8 nitrogen and oxygen atoms in total. The van der Waals surface area contributed by atoms with Crippen molar-refractivity contribution in [2.24, 2.45) is 0 Å². The van der Waals surface area contributed by atoms with Gasteiger partial charge in [0.2, 0.25) is 0 Å². The van der Waals surface area contributed by atoms with Gasteiger partial charge in [-0.25, -0.2) is 0 Å². The molecule has 2 aromatic carbocycles. The number of nitrogens with one attached hydrogen (secondary N) is 1. The van der Waals surface area contributed by atoms with Crippen LogP contribution < -0.4 is 10.1 Å². The van der Waals surface area contributed by atoms with Crippen molar-refractivity contribution in [3.8, 4) is 5.75 Å². The Morgan fingerprint density at radius 2 is 1.86 bits per heavy atom. The predicted molar refractivity (Wildman–Crippen MR) is 106 cm³/mol. The van der Waals surface area contributed by atoms with E-state index in [0.717, 1.165) is 0 Å². The van der Waals surface area contributed by atoms with E-state index in [-0.39, 0.29) is 34.6 Å². The number of hydrogen-bond acceptors (Lipinski definition) is 6. The Kier molecular flexibility index (Phi) is 5.94. The molecule has 0 spiro atoms. The van der Waals surface area contributed by atoms with Crippen LogP contribution >= 0.6 is 11.6 Å². The third-order valence-electron chi connectivity index (χ3n) is 3.93. The maximum absolute atomic E-state index is 12.3. The van der Waals surface area contributed by atoms with Crippen molar-refractivity contribution in [2.45, 2.75) is 13.5 Å². The lowest BCUT2D eigenvalue weighted by Crippen LogP contribution is -2.11. The Bertz CT molecular complexity index is 1070. The number of carbonyl (C=O) groups excluding carboxylic acids is 2. The van der Waals surface area contributed by atoms with E-state index in [4.69, 9.17) is 20.8 Å². The molecule has 1 heterocycles. The van der Waals surface area contributed by atoms with Crippen molar-refractivity contribution in [3.63, 3.8) is 0 Å². The van der Waals surface area contributed by atoms with Gasteiger partial charge >= 0.3 is 0 Å². The molecule has 1 N–H and O–H groups in total. The monoisotopic (exact) mass is 414 g/mol. The number of benzene rings is 2. The lowest BCUT2D eigenvalue weighted by atomic mass is 10.1. The largest absolute Gasteiger partial charge is 0.484 e. The third kappa shape index (κ3) is 4.99. The first kappa shape index (κ1) is 20.1. The number of halogens is 1.